The standard InChI is InChI=1S/C13H12BrNO2S/c1-8-10(3-2-4-11(8)15)13(16)17-7-9-5-6-12(14)18-9/h2-6H,7,15H2,1H3. The van der Waals surface area contributed by atoms with Gasteiger partial charge in [-0.15, -0.1) is 11.3 Å². The van der Waals surface area contributed by atoms with Crippen molar-refractivity contribution in [3.63, 3.8) is 0 Å². The number of rotatable bonds is 3. The third-order valence-electron chi connectivity index (χ3n) is 2.57. The first-order valence-electron chi connectivity index (χ1n) is 5.34. The van der Waals surface area contributed by atoms with Gasteiger partial charge in [-0.25, -0.2) is 4.79 Å². The predicted octanol–water partition coefficient (Wildman–Crippen LogP) is 3.76. The van der Waals surface area contributed by atoms with Crippen LogP contribution in [0.25, 0.3) is 0 Å². The molecule has 0 atom stereocenters. The van der Waals surface area contributed by atoms with E-state index in [0.29, 0.717) is 11.3 Å². The average molecular weight is 326 g/mol. The number of halogens is 1. The summed E-state index contributed by atoms with van der Waals surface area (Å²) in [6, 6.07) is 9.09. The second-order valence-corrected chi connectivity index (χ2v) is 6.35. The summed E-state index contributed by atoms with van der Waals surface area (Å²) in [5, 5.41) is 0. The first kappa shape index (κ1) is 13.1. The Bertz CT molecular complexity index is 580. The van der Waals surface area contributed by atoms with Crippen molar-refractivity contribution in [1.29, 1.82) is 0 Å². The van der Waals surface area contributed by atoms with Crippen molar-refractivity contribution >= 4 is 38.9 Å². The smallest absolute Gasteiger partial charge is 0.338 e. The number of hydrogen-bond donors (Lipinski definition) is 1. The molecule has 2 rings (SSSR count). The molecule has 0 saturated heterocycles. The molecule has 0 aliphatic carbocycles. The molecule has 0 fully saturated rings. The molecule has 1 aromatic heterocycles. The fourth-order valence-corrected chi connectivity index (χ4v) is 2.91. The van der Waals surface area contributed by atoms with Gasteiger partial charge in [-0.2, -0.15) is 0 Å². The molecule has 1 heterocycles. The molecule has 1 aromatic carbocycles. The molecule has 94 valence electrons. The summed E-state index contributed by atoms with van der Waals surface area (Å²) in [5.41, 5.74) is 7.64. The van der Waals surface area contributed by atoms with Crippen LogP contribution in [0.4, 0.5) is 5.69 Å². The fourth-order valence-electron chi connectivity index (χ4n) is 1.52. The summed E-state index contributed by atoms with van der Waals surface area (Å²) in [4.78, 5) is 12.9. The van der Waals surface area contributed by atoms with Gasteiger partial charge in [0, 0.05) is 10.6 Å². The molecule has 0 radical (unpaired) electrons. The highest BCUT2D eigenvalue weighted by Gasteiger charge is 2.12. The average Bonchev–Trinajstić information content (AvgIpc) is 2.76. The van der Waals surface area contributed by atoms with Crippen molar-refractivity contribution in [2.75, 3.05) is 5.73 Å². The van der Waals surface area contributed by atoms with Gasteiger partial charge in [0.25, 0.3) is 0 Å². The lowest BCUT2D eigenvalue weighted by Gasteiger charge is -2.07. The van der Waals surface area contributed by atoms with Crippen LogP contribution in [-0.2, 0) is 11.3 Å². The molecule has 2 aromatic rings. The number of carbonyl (C=O) groups excluding carboxylic acids is 1. The summed E-state index contributed by atoms with van der Waals surface area (Å²) >= 11 is 4.91. The van der Waals surface area contributed by atoms with Gasteiger partial charge in [-0.05, 0) is 52.7 Å². The zero-order valence-electron chi connectivity index (χ0n) is 9.77. The number of nitrogen functional groups attached to an aromatic ring is 1. The summed E-state index contributed by atoms with van der Waals surface area (Å²) in [6.45, 7) is 2.09. The molecule has 0 unspecified atom stereocenters. The lowest BCUT2D eigenvalue weighted by Crippen LogP contribution is -2.07. The van der Waals surface area contributed by atoms with Crippen LogP contribution in [0.5, 0.6) is 0 Å². The summed E-state index contributed by atoms with van der Waals surface area (Å²) in [5.74, 6) is -0.343. The van der Waals surface area contributed by atoms with Crippen molar-refractivity contribution in [3.05, 3.63) is 50.1 Å². The van der Waals surface area contributed by atoms with Crippen molar-refractivity contribution in [2.45, 2.75) is 13.5 Å². The van der Waals surface area contributed by atoms with Gasteiger partial charge >= 0.3 is 5.97 Å². The van der Waals surface area contributed by atoms with Crippen LogP contribution in [0.2, 0.25) is 0 Å². The Morgan fingerprint density at radius 2 is 2.17 bits per heavy atom. The number of ether oxygens (including phenoxy) is 1. The third-order valence-corrected chi connectivity index (χ3v) is 4.17. The van der Waals surface area contributed by atoms with E-state index in [1.54, 1.807) is 29.5 Å². The van der Waals surface area contributed by atoms with E-state index in [9.17, 15) is 4.79 Å². The van der Waals surface area contributed by atoms with Gasteiger partial charge in [0.15, 0.2) is 0 Å². The Morgan fingerprint density at radius 3 is 2.83 bits per heavy atom. The SMILES string of the molecule is Cc1c(N)cccc1C(=O)OCc1ccc(Br)s1. The van der Waals surface area contributed by atoms with Crippen LogP contribution >= 0.6 is 27.3 Å². The van der Waals surface area contributed by atoms with Crippen LogP contribution in [0, 0.1) is 6.92 Å². The summed E-state index contributed by atoms with van der Waals surface area (Å²) < 4.78 is 6.28. The minimum absolute atomic E-state index is 0.281. The second-order valence-electron chi connectivity index (χ2n) is 3.80. The second kappa shape index (κ2) is 5.54. The molecule has 0 aliphatic rings. The Morgan fingerprint density at radius 1 is 1.39 bits per heavy atom. The maximum absolute atomic E-state index is 11.9. The van der Waals surface area contributed by atoms with Gasteiger partial charge in [0.05, 0.1) is 9.35 Å². The zero-order chi connectivity index (χ0) is 13.1. The normalized spacial score (nSPS) is 10.3. The van der Waals surface area contributed by atoms with Gasteiger partial charge in [-0.1, -0.05) is 6.07 Å². The first-order chi connectivity index (χ1) is 8.58. The molecule has 3 nitrogen and oxygen atoms in total. The van der Waals surface area contributed by atoms with Gasteiger partial charge in [-0.3, -0.25) is 0 Å². The van der Waals surface area contributed by atoms with Crippen molar-refractivity contribution in [3.8, 4) is 0 Å². The lowest BCUT2D eigenvalue weighted by atomic mass is 10.1. The molecule has 0 bridgehead atoms. The summed E-state index contributed by atoms with van der Waals surface area (Å²) in [7, 11) is 0. The van der Waals surface area contributed by atoms with E-state index < -0.39 is 0 Å². The predicted molar refractivity (Wildman–Crippen MR) is 76.7 cm³/mol. The first-order valence-corrected chi connectivity index (χ1v) is 6.95. The highest BCUT2D eigenvalue weighted by atomic mass is 79.9. The van der Waals surface area contributed by atoms with E-state index in [-0.39, 0.29) is 12.6 Å². The maximum Gasteiger partial charge on any atom is 0.338 e. The molecule has 0 spiro atoms. The lowest BCUT2D eigenvalue weighted by molar-refractivity contribution is 0.0476. The van der Waals surface area contributed by atoms with Gasteiger partial charge in [0.2, 0.25) is 0 Å². The molecular weight excluding hydrogens is 314 g/mol. The highest BCUT2D eigenvalue weighted by molar-refractivity contribution is 9.11. The van der Waals surface area contributed by atoms with E-state index in [1.165, 1.54) is 0 Å². The number of nitrogens with two attached hydrogens (primary N) is 1. The van der Waals surface area contributed by atoms with Crippen LogP contribution in [0.1, 0.15) is 20.8 Å². The number of hydrogen-bond acceptors (Lipinski definition) is 4. The number of thiophene rings is 1. The minimum atomic E-state index is -0.343. The number of carbonyl (C=O) groups is 1. The molecule has 0 amide bonds. The van der Waals surface area contributed by atoms with E-state index >= 15 is 0 Å². The maximum atomic E-state index is 11.9. The number of benzene rings is 1. The van der Waals surface area contributed by atoms with E-state index in [1.807, 2.05) is 19.1 Å². The quantitative estimate of drug-likeness (QED) is 0.690. The fraction of sp³-hybridized carbons (Fsp3) is 0.154. The number of anilines is 1. The largest absolute Gasteiger partial charge is 0.456 e. The third kappa shape index (κ3) is 2.91. The van der Waals surface area contributed by atoms with Crippen LogP contribution in [0.3, 0.4) is 0 Å². The molecule has 5 heteroatoms. The summed E-state index contributed by atoms with van der Waals surface area (Å²) in [6.07, 6.45) is 0. The molecular formula is C13H12BrNO2S. The molecule has 18 heavy (non-hydrogen) atoms. The highest BCUT2D eigenvalue weighted by Crippen LogP contribution is 2.23. The van der Waals surface area contributed by atoms with Gasteiger partial charge < -0.3 is 10.5 Å². The van der Waals surface area contributed by atoms with E-state index in [4.69, 9.17) is 10.5 Å². The van der Waals surface area contributed by atoms with E-state index in [0.717, 1.165) is 14.2 Å². The van der Waals surface area contributed by atoms with Crippen LogP contribution in [-0.4, -0.2) is 5.97 Å². The van der Waals surface area contributed by atoms with Crippen LogP contribution in [0.15, 0.2) is 34.1 Å². The van der Waals surface area contributed by atoms with Gasteiger partial charge in [0.1, 0.15) is 6.61 Å². The Balaban J connectivity index is 2.06. The Labute approximate surface area is 118 Å². The Hall–Kier alpha value is -1.33. The van der Waals surface area contributed by atoms with E-state index in [2.05, 4.69) is 15.9 Å². The minimum Gasteiger partial charge on any atom is -0.456 e. The monoisotopic (exact) mass is 325 g/mol. The van der Waals surface area contributed by atoms with Crippen LogP contribution < -0.4 is 5.73 Å². The van der Waals surface area contributed by atoms with Crippen molar-refractivity contribution in [2.24, 2.45) is 0 Å². The molecule has 0 aliphatic heterocycles. The molecule has 0 saturated carbocycles. The van der Waals surface area contributed by atoms with Crippen molar-refractivity contribution < 1.29 is 9.53 Å². The molecule has 2 N–H and O–H groups in total. The zero-order valence-corrected chi connectivity index (χ0v) is 12.2. The Kier molecular flexibility index (Phi) is 4.04. The van der Waals surface area contributed by atoms with Crippen molar-refractivity contribution in [1.82, 2.24) is 0 Å². The number of esters is 1. The topological polar surface area (TPSA) is 52.3 Å².